The standard InChI is InChI=1S/C29H41N3O8/c1-26(2,22(34)19-12-8-6-9-13-19)23(35)30-17-21-16-20(32-40-21)14-10-7-11-15-29(38)27(3,4)24(36)31-28(29,18-33)25(37)39-5/h6,8-9,12-13,16,22,33-34,38H,7,10-11,14-15,17-18H2,1-5H3,(H,30,35)(H,31,36)/t22?,28-,29-/m0/s1. The zero-order chi connectivity index (χ0) is 29.8. The van der Waals surface area contributed by atoms with Gasteiger partial charge in [0, 0.05) is 6.07 Å². The van der Waals surface area contributed by atoms with Gasteiger partial charge in [-0.3, -0.25) is 9.59 Å². The highest BCUT2D eigenvalue weighted by atomic mass is 16.5. The second kappa shape index (κ2) is 12.1. The summed E-state index contributed by atoms with van der Waals surface area (Å²) >= 11 is 0. The first-order valence-electron chi connectivity index (χ1n) is 13.5. The molecule has 1 fully saturated rings. The number of nitrogens with zero attached hydrogens (tertiary/aromatic N) is 1. The van der Waals surface area contributed by atoms with Crippen LogP contribution in [-0.2, 0) is 32.1 Å². The predicted molar refractivity (Wildman–Crippen MR) is 144 cm³/mol. The van der Waals surface area contributed by atoms with Crippen molar-refractivity contribution in [3.8, 4) is 0 Å². The normalized spacial score (nSPS) is 22.9. The molecule has 0 spiro atoms. The topological polar surface area (TPSA) is 171 Å². The Morgan fingerprint density at radius 2 is 1.85 bits per heavy atom. The first kappa shape index (κ1) is 31.3. The van der Waals surface area contributed by atoms with Crippen LogP contribution in [0.1, 0.15) is 76.5 Å². The number of aliphatic hydroxyl groups is 3. The number of nitrogens with one attached hydrogen (secondary N) is 2. The summed E-state index contributed by atoms with van der Waals surface area (Å²) in [6, 6.07) is 10.8. The summed E-state index contributed by atoms with van der Waals surface area (Å²) in [6.45, 7) is 5.78. The number of hydrogen-bond donors (Lipinski definition) is 5. The smallest absolute Gasteiger partial charge is 0.337 e. The number of aromatic nitrogens is 1. The van der Waals surface area contributed by atoms with Crippen LogP contribution in [0.15, 0.2) is 40.9 Å². The number of hydrogen-bond acceptors (Lipinski definition) is 9. The number of aliphatic hydroxyl groups excluding tert-OH is 2. The molecule has 0 bridgehead atoms. The van der Waals surface area contributed by atoms with Crippen molar-refractivity contribution in [2.75, 3.05) is 13.7 Å². The lowest BCUT2D eigenvalue weighted by Crippen LogP contribution is -2.67. The molecule has 3 rings (SSSR count). The largest absolute Gasteiger partial charge is 0.467 e. The molecule has 1 saturated heterocycles. The van der Waals surface area contributed by atoms with Crippen molar-refractivity contribution in [1.29, 1.82) is 0 Å². The van der Waals surface area contributed by atoms with Crippen LogP contribution in [0.4, 0.5) is 0 Å². The highest BCUT2D eigenvalue weighted by Crippen LogP contribution is 2.49. The molecule has 1 unspecified atom stereocenters. The number of carbonyl (C=O) groups is 3. The van der Waals surface area contributed by atoms with Crippen molar-refractivity contribution in [1.82, 2.24) is 15.8 Å². The van der Waals surface area contributed by atoms with Gasteiger partial charge in [-0.1, -0.05) is 48.3 Å². The first-order chi connectivity index (χ1) is 18.8. The Balaban J connectivity index is 1.50. The first-order valence-corrected chi connectivity index (χ1v) is 13.5. The van der Waals surface area contributed by atoms with Gasteiger partial charge in [0.1, 0.15) is 5.60 Å². The van der Waals surface area contributed by atoms with E-state index in [0.717, 1.165) is 7.11 Å². The fraction of sp³-hybridized carbons (Fsp3) is 0.586. The average molecular weight is 560 g/mol. The Hall–Kier alpha value is -3.28. The molecule has 1 aliphatic rings. The molecule has 2 aromatic rings. The summed E-state index contributed by atoms with van der Waals surface area (Å²) in [6.07, 6.45) is 1.52. The fourth-order valence-electron chi connectivity index (χ4n) is 5.32. The maximum absolute atomic E-state index is 12.8. The van der Waals surface area contributed by atoms with Crippen LogP contribution >= 0.6 is 0 Å². The van der Waals surface area contributed by atoms with Crippen molar-refractivity contribution in [3.63, 3.8) is 0 Å². The van der Waals surface area contributed by atoms with Crippen LogP contribution < -0.4 is 10.6 Å². The van der Waals surface area contributed by atoms with Crippen LogP contribution in [0.3, 0.4) is 0 Å². The van der Waals surface area contributed by atoms with Gasteiger partial charge in [-0.2, -0.15) is 0 Å². The molecule has 0 radical (unpaired) electrons. The summed E-state index contributed by atoms with van der Waals surface area (Å²) in [5.74, 6) is -1.27. The maximum Gasteiger partial charge on any atom is 0.337 e. The Bertz CT molecular complexity index is 1190. The molecule has 5 N–H and O–H groups in total. The molecule has 0 aliphatic carbocycles. The SMILES string of the molecule is COC(=O)[C@]1(CO)NC(=O)C(C)(C)[C@@]1(O)CCCCCc1cc(CNC(=O)C(C)(C)C(O)c2ccccc2)on1. The molecule has 40 heavy (non-hydrogen) atoms. The third-order valence-corrected chi connectivity index (χ3v) is 8.29. The molecule has 1 aliphatic heterocycles. The second-order valence-electron chi connectivity index (χ2n) is 11.6. The van der Waals surface area contributed by atoms with E-state index in [1.165, 1.54) is 0 Å². The van der Waals surface area contributed by atoms with Crippen LogP contribution in [0.5, 0.6) is 0 Å². The predicted octanol–water partition coefficient (Wildman–Crippen LogP) is 1.94. The minimum Gasteiger partial charge on any atom is -0.467 e. The maximum atomic E-state index is 12.8. The summed E-state index contributed by atoms with van der Waals surface area (Å²) < 4.78 is 10.2. The molecule has 1 aromatic heterocycles. The Labute approximate surface area is 234 Å². The van der Waals surface area contributed by atoms with Crippen molar-refractivity contribution < 1.29 is 39.0 Å². The van der Waals surface area contributed by atoms with E-state index < -0.39 is 46.6 Å². The number of unbranched alkanes of at least 4 members (excludes halogenated alkanes) is 2. The highest BCUT2D eigenvalue weighted by molar-refractivity contribution is 5.98. The zero-order valence-electron chi connectivity index (χ0n) is 23.8. The molecular weight excluding hydrogens is 518 g/mol. The Kier molecular flexibility index (Phi) is 9.43. The molecule has 2 heterocycles. The van der Waals surface area contributed by atoms with Crippen LogP contribution in [-0.4, -0.2) is 63.1 Å². The van der Waals surface area contributed by atoms with Gasteiger partial charge in [-0.15, -0.1) is 0 Å². The number of rotatable bonds is 13. The number of aryl methyl sites for hydroxylation is 1. The summed E-state index contributed by atoms with van der Waals surface area (Å²) in [4.78, 5) is 37.9. The van der Waals surface area contributed by atoms with Gasteiger partial charge < -0.3 is 35.2 Å². The van der Waals surface area contributed by atoms with Crippen molar-refractivity contribution >= 4 is 17.8 Å². The lowest BCUT2D eigenvalue weighted by molar-refractivity contribution is -0.172. The van der Waals surface area contributed by atoms with Gasteiger partial charge >= 0.3 is 5.97 Å². The van der Waals surface area contributed by atoms with Gasteiger partial charge in [0.05, 0.1) is 42.9 Å². The van der Waals surface area contributed by atoms with Gasteiger partial charge in [0.2, 0.25) is 11.8 Å². The highest BCUT2D eigenvalue weighted by Gasteiger charge is 2.71. The molecular formula is C29H41N3O8. The number of methoxy groups -OCH3 is 1. The van der Waals surface area contributed by atoms with Crippen LogP contribution in [0, 0.1) is 10.8 Å². The van der Waals surface area contributed by atoms with E-state index in [2.05, 4.69) is 15.8 Å². The number of carbonyl (C=O) groups excluding carboxylic acids is 3. The van der Waals surface area contributed by atoms with E-state index in [0.29, 0.717) is 42.7 Å². The van der Waals surface area contributed by atoms with E-state index in [9.17, 15) is 29.7 Å². The quantitative estimate of drug-likeness (QED) is 0.182. The molecule has 1 aromatic carbocycles. The molecule has 2 amide bonds. The van der Waals surface area contributed by atoms with Crippen LogP contribution in [0.25, 0.3) is 0 Å². The summed E-state index contributed by atoms with van der Waals surface area (Å²) in [5.41, 5.74) is -4.81. The van der Waals surface area contributed by atoms with Crippen LogP contribution in [0.2, 0.25) is 0 Å². The Morgan fingerprint density at radius 1 is 1.18 bits per heavy atom. The van der Waals surface area contributed by atoms with E-state index in [-0.39, 0.29) is 18.9 Å². The fourth-order valence-corrected chi connectivity index (χ4v) is 5.32. The van der Waals surface area contributed by atoms with Crippen molar-refractivity contribution in [2.45, 2.75) is 83.6 Å². The van der Waals surface area contributed by atoms with Crippen molar-refractivity contribution in [2.24, 2.45) is 10.8 Å². The number of esters is 1. The minimum absolute atomic E-state index is 0.0924. The van der Waals surface area contributed by atoms with Gasteiger partial charge in [0.15, 0.2) is 11.3 Å². The number of amides is 2. The van der Waals surface area contributed by atoms with E-state index in [1.54, 1.807) is 45.9 Å². The molecule has 11 heteroatoms. The Morgan fingerprint density at radius 3 is 2.48 bits per heavy atom. The zero-order valence-corrected chi connectivity index (χ0v) is 23.8. The molecule has 11 nitrogen and oxygen atoms in total. The van der Waals surface area contributed by atoms with Crippen molar-refractivity contribution in [3.05, 3.63) is 53.4 Å². The van der Waals surface area contributed by atoms with Gasteiger partial charge in [-0.05, 0) is 52.5 Å². The van der Waals surface area contributed by atoms with Gasteiger partial charge in [-0.25, -0.2) is 4.79 Å². The third kappa shape index (κ3) is 5.63. The molecule has 220 valence electrons. The third-order valence-electron chi connectivity index (χ3n) is 8.29. The minimum atomic E-state index is -1.93. The van der Waals surface area contributed by atoms with E-state index >= 15 is 0 Å². The summed E-state index contributed by atoms with van der Waals surface area (Å²) in [7, 11) is 1.14. The average Bonchev–Trinajstić information content (AvgIpc) is 3.46. The number of ether oxygens (including phenoxy) is 1. The molecule has 3 atom stereocenters. The lowest BCUT2D eigenvalue weighted by atomic mass is 9.65. The summed E-state index contributed by atoms with van der Waals surface area (Å²) in [5, 5.41) is 41.6. The molecule has 0 saturated carbocycles. The van der Waals surface area contributed by atoms with E-state index in [4.69, 9.17) is 9.26 Å². The van der Waals surface area contributed by atoms with Gasteiger partial charge in [0.25, 0.3) is 0 Å². The lowest BCUT2D eigenvalue weighted by Gasteiger charge is -2.43. The second-order valence-corrected chi connectivity index (χ2v) is 11.6. The number of benzene rings is 1. The monoisotopic (exact) mass is 559 g/mol. The van der Waals surface area contributed by atoms with E-state index in [1.807, 2.05) is 18.2 Å².